The van der Waals surface area contributed by atoms with Crippen LogP contribution in [-0.2, 0) is 16.5 Å². The Kier molecular flexibility index (Phi) is 16.0. The molecule has 0 rings (SSSR count). The van der Waals surface area contributed by atoms with E-state index in [4.69, 9.17) is 11.5 Å². The maximum absolute atomic E-state index is 6.26. The van der Waals surface area contributed by atoms with Crippen LogP contribution < -0.4 is 0 Å². The van der Waals surface area contributed by atoms with Gasteiger partial charge in [-0.25, -0.2) is 0 Å². The van der Waals surface area contributed by atoms with Crippen LogP contribution in [0.15, 0.2) is 0 Å². The molecule has 0 aliphatic carbocycles. The van der Waals surface area contributed by atoms with Gasteiger partial charge in [-0.1, -0.05) is 0 Å². The number of hydrogen-bond acceptors (Lipinski definition) is 0. The normalized spacial score (nSPS) is 6.00. The van der Waals surface area contributed by atoms with E-state index in [2.05, 4.69) is 0 Å². The molecule has 0 aliphatic rings. The first-order valence-electron chi connectivity index (χ1n) is 1.21. The summed E-state index contributed by atoms with van der Waals surface area (Å²) in [6.07, 6.45) is 0. The fourth-order valence-corrected chi connectivity index (χ4v) is 0. The van der Waals surface area contributed by atoms with Crippen molar-refractivity contribution in [3.8, 4) is 0 Å². The Hall–Kier alpha value is 0.414. The molecule has 0 aromatic rings. The molecule has 0 aromatic heterocycles. The molecule has 0 unspecified atom stereocenters. The molecule has 0 aromatic carbocycles. The number of rotatable bonds is 1. The van der Waals surface area contributed by atoms with Crippen molar-refractivity contribution in [3.05, 3.63) is 11.5 Å². The van der Waals surface area contributed by atoms with Gasteiger partial charge in [-0.2, -0.15) is 13.1 Å². The summed E-state index contributed by atoms with van der Waals surface area (Å²) in [5, 5.41) is 0. The van der Waals surface area contributed by atoms with Crippen LogP contribution in [0.1, 0.15) is 0 Å². The monoisotopic (exact) mass is 116 g/mol. The van der Waals surface area contributed by atoms with Crippen LogP contribution in [-0.4, -0.2) is 13.1 Å². The fourth-order valence-electron chi connectivity index (χ4n) is 0. The van der Waals surface area contributed by atoms with Crippen LogP contribution in [0.4, 0.5) is 0 Å². The van der Waals surface area contributed by atoms with Gasteiger partial charge >= 0.3 is 16.5 Å². The van der Waals surface area contributed by atoms with Gasteiger partial charge in [0.2, 0.25) is 0 Å². The van der Waals surface area contributed by atoms with Crippen LogP contribution >= 0.6 is 0 Å². The zero-order valence-electron chi connectivity index (χ0n) is 2.73. The summed E-state index contributed by atoms with van der Waals surface area (Å²) in [5.74, 6) is 0. The van der Waals surface area contributed by atoms with Crippen LogP contribution in [0, 0.1) is 0 Å². The van der Waals surface area contributed by atoms with E-state index in [0.717, 1.165) is 0 Å². The Bertz CT molecular complexity index is 9.61. The number of nitrogens with one attached hydrogen (secondary N) is 2. The van der Waals surface area contributed by atoms with Crippen molar-refractivity contribution in [1.29, 1.82) is 0 Å². The number of hydrogen-bond donors (Lipinski definition) is 0. The average Bonchev–Trinajstić information content (AvgIpc) is 1.37. The van der Waals surface area contributed by atoms with Gasteiger partial charge in [0.25, 0.3) is 0 Å². The summed E-state index contributed by atoms with van der Waals surface area (Å²) >= 11 is 0. The van der Waals surface area contributed by atoms with Gasteiger partial charge in [0.1, 0.15) is 0 Å². The molecule has 0 bridgehead atoms. The smallest absolute Gasteiger partial charge is 0.679 e. The molecule has 0 spiro atoms. The van der Waals surface area contributed by atoms with Gasteiger partial charge < -0.3 is 11.5 Å². The van der Waals surface area contributed by atoms with E-state index in [1.54, 1.807) is 0 Å². The Morgan fingerprint density at radius 3 is 1.20 bits per heavy atom. The van der Waals surface area contributed by atoms with Crippen LogP contribution in [0.5, 0.6) is 0 Å². The van der Waals surface area contributed by atoms with Crippen LogP contribution in [0.3, 0.4) is 0 Å². The Balaban J connectivity index is 0. The van der Waals surface area contributed by atoms with Crippen molar-refractivity contribution in [2.75, 3.05) is 13.1 Å². The van der Waals surface area contributed by atoms with Gasteiger partial charge in [0.05, 0.1) is 0 Å². The Labute approximate surface area is 41.8 Å². The molecular formula is C2H6N2Ni. The molecule has 34 valence electrons. The minimum atomic E-state index is 0. The quantitative estimate of drug-likeness (QED) is 0.461. The minimum absolute atomic E-state index is 0. The van der Waals surface area contributed by atoms with Gasteiger partial charge in [0, 0.05) is 0 Å². The molecule has 2 N–H and O–H groups in total. The Morgan fingerprint density at radius 1 is 1.00 bits per heavy atom. The molecule has 0 saturated heterocycles. The van der Waals surface area contributed by atoms with Crippen molar-refractivity contribution in [2.45, 2.75) is 0 Å². The summed E-state index contributed by atoms with van der Waals surface area (Å²) < 4.78 is 0. The van der Waals surface area contributed by atoms with Gasteiger partial charge in [0.15, 0.2) is 0 Å². The molecule has 0 atom stereocenters. The molecule has 0 saturated carbocycles. The topological polar surface area (TPSA) is 47.6 Å². The summed E-state index contributed by atoms with van der Waals surface area (Å²) in [6, 6.07) is 0. The van der Waals surface area contributed by atoms with Crippen LogP contribution in [0.2, 0.25) is 0 Å². The third kappa shape index (κ3) is 12.9. The van der Waals surface area contributed by atoms with Crippen molar-refractivity contribution in [2.24, 2.45) is 0 Å². The molecule has 2 nitrogen and oxygen atoms in total. The maximum Gasteiger partial charge on any atom is 2.00 e. The maximum atomic E-state index is 6.26. The minimum Gasteiger partial charge on any atom is -0.679 e. The average molecular weight is 117 g/mol. The predicted molar refractivity (Wildman–Crippen MR) is 18.4 cm³/mol. The molecule has 5 heavy (non-hydrogen) atoms. The molecule has 0 heterocycles. The largest absolute Gasteiger partial charge is 2.00 e. The molecule has 0 radical (unpaired) electrons. The third-order valence-corrected chi connectivity index (χ3v) is 0.125. The van der Waals surface area contributed by atoms with E-state index in [1.165, 1.54) is 0 Å². The predicted octanol–water partition coefficient (Wildman–Crippen LogP) is 1.09. The fraction of sp³-hybridized carbons (Fsp3) is 1.00. The van der Waals surface area contributed by atoms with Gasteiger partial charge in [-0.15, -0.1) is 0 Å². The van der Waals surface area contributed by atoms with Crippen molar-refractivity contribution in [3.63, 3.8) is 0 Å². The van der Waals surface area contributed by atoms with E-state index < -0.39 is 0 Å². The van der Waals surface area contributed by atoms with Crippen molar-refractivity contribution in [1.82, 2.24) is 0 Å². The summed E-state index contributed by atoms with van der Waals surface area (Å²) in [6.45, 7) is 0.472. The summed E-state index contributed by atoms with van der Waals surface area (Å²) in [4.78, 5) is 0. The molecule has 0 fully saturated rings. The van der Waals surface area contributed by atoms with E-state index in [0.29, 0.717) is 0 Å². The standard InChI is InChI=1S/C2H6N2.Ni/c3-1-2-4;/h3-4H,1-2H2;/q-2;+2. The zero-order chi connectivity index (χ0) is 3.41. The SMILES string of the molecule is [NH-]CC[NH-].[Ni+2]. The second-order valence-corrected chi connectivity index (χ2v) is 0.500. The Morgan fingerprint density at radius 2 is 1.20 bits per heavy atom. The zero-order valence-corrected chi connectivity index (χ0v) is 3.72. The van der Waals surface area contributed by atoms with E-state index in [-0.39, 0.29) is 29.6 Å². The van der Waals surface area contributed by atoms with Crippen molar-refractivity contribution < 1.29 is 16.5 Å². The van der Waals surface area contributed by atoms with Crippen molar-refractivity contribution >= 4 is 0 Å². The second kappa shape index (κ2) is 8.83. The molecule has 0 amide bonds. The summed E-state index contributed by atoms with van der Waals surface area (Å²) in [7, 11) is 0. The molecular weight excluding hydrogens is 111 g/mol. The first-order valence-corrected chi connectivity index (χ1v) is 1.21. The van der Waals surface area contributed by atoms with E-state index in [9.17, 15) is 0 Å². The first-order chi connectivity index (χ1) is 1.91. The van der Waals surface area contributed by atoms with Gasteiger partial charge in [-0.3, -0.25) is 0 Å². The molecule has 3 heteroatoms. The second-order valence-electron chi connectivity index (χ2n) is 0.500. The third-order valence-electron chi connectivity index (χ3n) is 0.125. The van der Waals surface area contributed by atoms with E-state index >= 15 is 0 Å². The first kappa shape index (κ1) is 9.05. The van der Waals surface area contributed by atoms with E-state index in [1.807, 2.05) is 0 Å². The van der Waals surface area contributed by atoms with Crippen LogP contribution in [0.25, 0.3) is 11.5 Å². The summed E-state index contributed by atoms with van der Waals surface area (Å²) in [5.41, 5.74) is 12.5. The van der Waals surface area contributed by atoms with Gasteiger partial charge in [-0.05, 0) is 0 Å². The molecule has 0 aliphatic heterocycles.